The second kappa shape index (κ2) is 22.8. The first-order chi connectivity index (χ1) is 14.1. The van der Waals surface area contributed by atoms with Crippen LogP contribution in [0.4, 0.5) is 0 Å². The molecule has 0 aromatic rings. The molecule has 0 rings (SSSR count). The lowest BCUT2D eigenvalue weighted by molar-refractivity contribution is 0.252. The summed E-state index contributed by atoms with van der Waals surface area (Å²) in [5.41, 5.74) is 0. The molecule has 0 saturated carbocycles. The fourth-order valence-corrected chi connectivity index (χ4v) is 5.00. The Morgan fingerprint density at radius 3 is 1.21 bits per heavy atom. The summed E-state index contributed by atoms with van der Waals surface area (Å²) in [6.07, 6.45) is 27.1. The van der Waals surface area contributed by atoms with Crippen LogP contribution in [0, 0.1) is 0 Å². The molecule has 0 aliphatic carbocycles. The quantitative estimate of drug-likeness (QED) is 0.122. The minimum Gasteiger partial charge on any atom is -0.324 e. The minimum absolute atomic E-state index is 0.334. The Bertz CT molecular complexity index is 360. The van der Waals surface area contributed by atoms with E-state index in [4.69, 9.17) is 4.52 Å². The highest BCUT2D eigenvalue weighted by Crippen LogP contribution is 2.43. The van der Waals surface area contributed by atoms with Gasteiger partial charge in [-0.05, 0) is 12.8 Å². The van der Waals surface area contributed by atoms with Crippen LogP contribution in [0.3, 0.4) is 0 Å². The van der Waals surface area contributed by atoms with Crippen LogP contribution in [0.25, 0.3) is 0 Å². The molecule has 0 radical (unpaired) electrons. The summed E-state index contributed by atoms with van der Waals surface area (Å²) in [7, 11) is -3.34. The van der Waals surface area contributed by atoms with Gasteiger partial charge in [0.2, 0.25) is 0 Å². The van der Waals surface area contributed by atoms with Crippen LogP contribution in [0.15, 0.2) is 0 Å². The second-order valence-electron chi connectivity index (χ2n) is 8.91. The van der Waals surface area contributed by atoms with Gasteiger partial charge in [-0.15, -0.1) is 0 Å². The molecule has 0 heterocycles. The van der Waals surface area contributed by atoms with E-state index in [0.29, 0.717) is 12.8 Å². The fourth-order valence-electron chi connectivity index (χ4n) is 3.84. The maximum Gasteiger partial charge on any atom is 0.328 e. The van der Waals surface area contributed by atoms with Gasteiger partial charge in [0.15, 0.2) is 0 Å². The molecule has 3 nitrogen and oxygen atoms in total. The summed E-state index contributed by atoms with van der Waals surface area (Å²) in [5, 5.41) is 0. The first-order valence-corrected chi connectivity index (χ1v) is 14.8. The predicted molar refractivity (Wildman–Crippen MR) is 129 cm³/mol. The number of hydrogen-bond donors (Lipinski definition) is 1. The van der Waals surface area contributed by atoms with Gasteiger partial charge in [-0.1, -0.05) is 136 Å². The van der Waals surface area contributed by atoms with Crippen molar-refractivity contribution in [3.63, 3.8) is 0 Å². The largest absolute Gasteiger partial charge is 0.328 e. The third-order valence-corrected chi connectivity index (χ3v) is 7.30. The van der Waals surface area contributed by atoms with Crippen LogP contribution in [0.5, 0.6) is 0 Å². The van der Waals surface area contributed by atoms with Crippen molar-refractivity contribution in [2.75, 3.05) is 12.8 Å². The molecule has 29 heavy (non-hydrogen) atoms. The lowest BCUT2D eigenvalue weighted by Crippen LogP contribution is -1.97. The third-order valence-electron chi connectivity index (χ3n) is 5.84. The number of rotatable bonds is 24. The molecule has 0 spiro atoms. The Hall–Kier alpha value is 0.150. The third kappa shape index (κ3) is 24.3. The summed E-state index contributed by atoms with van der Waals surface area (Å²) in [4.78, 5) is 9.87. The van der Waals surface area contributed by atoms with E-state index in [1.165, 1.54) is 109 Å². The van der Waals surface area contributed by atoms with Gasteiger partial charge in [0, 0.05) is 6.16 Å². The highest BCUT2D eigenvalue weighted by atomic mass is 31.2. The van der Waals surface area contributed by atoms with E-state index in [2.05, 4.69) is 13.8 Å². The SMILES string of the molecule is CCCCCCCCCCCCCCCCCCP(=O)(O)OCCCCCCC. The normalized spacial score (nSPS) is 13.6. The molecule has 1 atom stereocenters. The number of unbranched alkanes of at least 4 members (excludes halogenated alkanes) is 19. The van der Waals surface area contributed by atoms with Crippen molar-refractivity contribution in [3.05, 3.63) is 0 Å². The van der Waals surface area contributed by atoms with Crippen LogP contribution < -0.4 is 0 Å². The van der Waals surface area contributed by atoms with Crippen LogP contribution in [-0.2, 0) is 9.09 Å². The minimum atomic E-state index is -3.34. The van der Waals surface area contributed by atoms with E-state index in [1.807, 2.05) is 0 Å². The van der Waals surface area contributed by atoms with E-state index in [1.54, 1.807) is 0 Å². The smallest absolute Gasteiger partial charge is 0.324 e. The molecule has 0 aromatic heterocycles. The lowest BCUT2D eigenvalue weighted by Gasteiger charge is -2.12. The maximum atomic E-state index is 12.0. The Kier molecular flexibility index (Phi) is 22.9. The van der Waals surface area contributed by atoms with Crippen LogP contribution in [0.1, 0.15) is 149 Å². The molecule has 0 saturated heterocycles. The van der Waals surface area contributed by atoms with Gasteiger partial charge in [-0.2, -0.15) is 0 Å². The van der Waals surface area contributed by atoms with E-state index in [0.717, 1.165) is 25.7 Å². The van der Waals surface area contributed by atoms with Gasteiger partial charge in [-0.3, -0.25) is 4.57 Å². The average molecular weight is 433 g/mol. The summed E-state index contributed by atoms with van der Waals surface area (Å²) >= 11 is 0. The predicted octanol–water partition coefficient (Wildman–Crippen LogP) is 9.42. The van der Waals surface area contributed by atoms with Crippen molar-refractivity contribution < 1.29 is 14.0 Å². The summed E-state index contributed by atoms with van der Waals surface area (Å²) < 4.78 is 17.2. The molecular weight excluding hydrogens is 379 g/mol. The van der Waals surface area contributed by atoms with Gasteiger partial charge < -0.3 is 9.42 Å². The summed E-state index contributed by atoms with van der Waals surface area (Å²) in [5.74, 6) is 0. The highest BCUT2D eigenvalue weighted by molar-refractivity contribution is 7.52. The van der Waals surface area contributed by atoms with Crippen molar-refractivity contribution in [2.45, 2.75) is 149 Å². The highest BCUT2D eigenvalue weighted by Gasteiger charge is 2.17. The fraction of sp³-hybridized carbons (Fsp3) is 1.00. The average Bonchev–Trinajstić information content (AvgIpc) is 2.70. The molecule has 4 heteroatoms. The molecule has 1 unspecified atom stereocenters. The summed E-state index contributed by atoms with van der Waals surface area (Å²) in [6.45, 7) is 4.91. The van der Waals surface area contributed by atoms with Crippen molar-refractivity contribution in [1.29, 1.82) is 0 Å². The standard InChI is InChI=1S/C25H53O3P/c1-3-5-7-9-10-11-12-13-14-15-16-17-18-19-21-23-25-29(26,27)28-24-22-20-8-6-4-2/h3-25H2,1-2H3,(H,26,27). The van der Waals surface area contributed by atoms with E-state index in [-0.39, 0.29) is 0 Å². The number of hydrogen-bond acceptors (Lipinski definition) is 2. The topological polar surface area (TPSA) is 46.5 Å². The lowest BCUT2D eigenvalue weighted by atomic mass is 10.0. The zero-order chi connectivity index (χ0) is 21.5. The second-order valence-corrected chi connectivity index (χ2v) is 10.9. The van der Waals surface area contributed by atoms with Crippen molar-refractivity contribution in [1.82, 2.24) is 0 Å². The molecule has 0 aliphatic heterocycles. The van der Waals surface area contributed by atoms with Crippen molar-refractivity contribution in [2.24, 2.45) is 0 Å². The summed E-state index contributed by atoms with van der Waals surface area (Å²) in [6, 6.07) is 0. The molecule has 0 aliphatic rings. The van der Waals surface area contributed by atoms with Crippen molar-refractivity contribution in [3.8, 4) is 0 Å². The molecule has 0 amide bonds. The zero-order valence-electron chi connectivity index (χ0n) is 20.0. The Morgan fingerprint density at radius 1 is 0.517 bits per heavy atom. The van der Waals surface area contributed by atoms with Gasteiger partial charge in [0.05, 0.1) is 6.61 Å². The van der Waals surface area contributed by atoms with Gasteiger partial charge >= 0.3 is 7.60 Å². The first kappa shape index (κ1) is 29.1. The van der Waals surface area contributed by atoms with Gasteiger partial charge in [-0.25, -0.2) is 0 Å². The van der Waals surface area contributed by atoms with E-state index in [9.17, 15) is 9.46 Å². The zero-order valence-corrected chi connectivity index (χ0v) is 20.9. The molecule has 0 fully saturated rings. The first-order valence-electron chi connectivity index (χ1n) is 13.1. The molecule has 0 aromatic carbocycles. The van der Waals surface area contributed by atoms with Gasteiger partial charge in [0.1, 0.15) is 0 Å². The van der Waals surface area contributed by atoms with Crippen LogP contribution in [0.2, 0.25) is 0 Å². The maximum absolute atomic E-state index is 12.0. The van der Waals surface area contributed by atoms with E-state index < -0.39 is 7.60 Å². The van der Waals surface area contributed by atoms with E-state index >= 15 is 0 Å². The Morgan fingerprint density at radius 2 is 0.828 bits per heavy atom. The molecule has 1 N–H and O–H groups in total. The Labute approximate surface area is 183 Å². The molecule has 176 valence electrons. The van der Waals surface area contributed by atoms with Crippen molar-refractivity contribution >= 4 is 7.60 Å². The molecule has 0 bridgehead atoms. The Balaban J connectivity index is 3.24. The van der Waals surface area contributed by atoms with Gasteiger partial charge in [0.25, 0.3) is 0 Å². The van der Waals surface area contributed by atoms with Crippen LogP contribution >= 0.6 is 7.60 Å². The monoisotopic (exact) mass is 432 g/mol. The van der Waals surface area contributed by atoms with Crippen LogP contribution in [-0.4, -0.2) is 17.7 Å². The molecular formula is C25H53O3P.